The van der Waals surface area contributed by atoms with Gasteiger partial charge in [-0.3, -0.25) is 0 Å². The SMILES string of the molecule is C[Si](C)(c1cccc2c1Cc1c-2ccc2c1c1cc([Si](c3ccccc3)(c3ccccc3)c3ccccc3)ccc1n2-c1ccccc1)c1cccc2c1Cc1c-2ccc2c1c1cc([Si](c3ccccc3)(c3ccccc3)c3ccccc3)ccc1n2-c1ccccc1. The van der Waals surface area contributed by atoms with E-state index in [2.05, 4.69) is 362 Å². The molecule has 0 atom stereocenters. The molecule has 0 aliphatic heterocycles. The average molecular weight is 1240 g/mol. The Hall–Kier alpha value is -10.7. The van der Waals surface area contributed by atoms with Crippen molar-refractivity contribution in [2.75, 3.05) is 0 Å². The number of hydrogen-bond donors (Lipinski definition) is 0. The molecule has 2 nitrogen and oxygen atoms in total. The van der Waals surface area contributed by atoms with Crippen LogP contribution in [0.15, 0.2) is 340 Å². The first-order valence-corrected chi connectivity index (χ1v) is 39.8. The molecule has 0 radical (unpaired) electrons. The minimum absolute atomic E-state index is 0.877. The monoisotopic (exact) mass is 1230 g/mol. The van der Waals surface area contributed by atoms with Crippen molar-refractivity contribution in [1.82, 2.24) is 9.13 Å². The second-order valence-corrected chi connectivity index (χ2v) is 38.1. The van der Waals surface area contributed by atoms with Crippen LogP contribution in [-0.2, 0) is 12.8 Å². The van der Waals surface area contributed by atoms with Gasteiger partial charge in [-0.15, -0.1) is 0 Å². The van der Waals surface area contributed by atoms with Crippen LogP contribution in [0.5, 0.6) is 0 Å². The number of aromatic nitrogens is 2. The molecule has 18 rings (SSSR count). The molecule has 0 saturated carbocycles. The summed E-state index contributed by atoms with van der Waals surface area (Å²) in [5, 5.41) is 19.5. The highest BCUT2D eigenvalue weighted by molar-refractivity contribution is 7.20. The molecule has 5 heteroatoms. The molecular formula is C88H66N2Si3. The van der Waals surface area contributed by atoms with Gasteiger partial charge in [0.05, 0.1) is 22.1 Å². The van der Waals surface area contributed by atoms with Gasteiger partial charge >= 0.3 is 0 Å². The number of hydrogen-bond acceptors (Lipinski definition) is 0. The lowest BCUT2D eigenvalue weighted by molar-refractivity contribution is 1.18. The maximum absolute atomic E-state index is 2.86. The zero-order valence-corrected chi connectivity index (χ0v) is 55.1. The van der Waals surface area contributed by atoms with Gasteiger partial charge in [0.25, 0.3) is 0 Å². The van der Waals surface area contributed by atoms with E-state index in [1.54, 1.807) is 0 Å². The van der Waals surface area contributed by atoms with Gasteiger partial charge < -0.3 is 9.13 Å². The van der Waals surface area contributed by atoms with Gasteiger partial charge in [0.2, 0.25) is 0 Å². The zero-order chi connectivity index (χ0) is 61.8. The van der Waals surface area contributed by atoms with E-state index in [4.69, 9.17) is 0 Å². The van der Waals surface area contributed by atoms with Gasteiger partial charge in [0, 0.05) is 32.9 Å². The van der Waals surface area contributed by atoms with Crippen molar-refractivity contribution in [1.29, 1.82) is 0 Å². The Morgan fingerprint density at radius 3 is 0.828 bits per heavy atom. The van der Waals surface area contributed by atoms with Crippen LogP contribution in [0.3, 0.4) is 0 Å². The predicted octanol–water partition coefficient (Wildman–Crippen LogP) is 14.6. The largest absolute Gasteiger partial charge is 0.309 e. The fourth-order valence-corrected chi connectivity index (χ4v) is 30.1. The fourth-order valence-electron chi connectivity index (χ4n) is 17.3. The van der Waals surface area contributed by atoms with Gasteiger partial charge in [0.15, 0.2) is 16.1 Å². The Bertz CT molecular complexity index is 5010. The van der Waals surface area contributed by atoms with Crippen molar-refractivity contribution < 1.29 is 0 Å². The van der Waals surface area contributed by atoms with Crippen molar-refractivity contribution in [2.45, 2.75) is 25.9 Å². The molecular weight excluding hydrogens is 1170 g/mol. The smallest absolute Gasteiger partial charge is 0.179 e. The van der Waals surface area contributed by atoms with Gasteiger partial charge in [-0.05, 0) is 147 Å². The first-order chi connectivity index (χ1) is 45.9. The van der Waals surface area contributed by atoms with Crippen LogP contribution in [0.1, 0.15) is 22.3 Å². The third-order valence-corrected chi connectivity index (χ3v) is 34.4. The van der Waals surface area contributed by atoms with E-state index >= 15 is 0 Å². The predicted molar refractivity (Wildman–Crippen MR) is 402 cm³/mol. The molecule has 2 heterocycles. The molecule has 0 amide bonds. The molecule has 93 heavy (non-hydrogen) atoms. The quantitative estimate of drug-likeness (QED) is 0.0852. The Kier molecular flexibility index (Phi) is 12.9. The maximum atomic E-state index is 2.64. The van der Waals surface area contributed by atoms with Crippen LogP contribution in [-0.4, -0.2) is 33.4 Å². The van der Waals surface area contributed by atoms with Crippen LogP contribution >= 0.6 is 0 Å². The molecule has 2 aliphatic rings. The van der Waals surface area contributed by atoms with Crippen molar-refractivity contribution in [3.8, 4) is 33.6 Å². The molecule has 0 N–H and O–H groups in total. The van der Waals surface area contributed by atoms with E-state index in [1.807, 2.05) is 0 Å². The second-order valence-electron chi connectivity index (χ2n) is 26.1. The molecule has 2 aromatic heterocycles. The molecule has 0 bridgehead atoms. The molecule has 14 aromatic carbocycles. The van der Waals surface area contributed by atoms with Crippen LogP contribution in [0.2, 0.25) is 13.1 Å². The summed E-state index contributed by atoms with van der Waals surface area (Å²) in [6.45, 7) is 5.27. The topological polar surface area (TPSA) is 9.86 Å². The minimum Gasteiger partial charge on any atom is -0.309 e. The highest BCUT2D eigenvalue weighted by Crippen LogP contribution is 2.47. The average Bonchev–Trinajstić information content (AvgIpc) is 1.63. The lowest BCUT2D eigenvalue weighted by Gasteiger charge is -2.34. The fraction of sp³-hybridized carbons (Fsp3) is 0.0455. The van der Waals surface area contributed by atoms with Crippen molar-refractivity contribution >= 4 is 120 Å². The highest BCUT2D eigenvalue weighted by atomic mass is 28.3. The lowest BCUT2D eigenvalue weighted by Crippen LogP contribution is -2.74. The molecule has 16 aromatic rings. The van der Waals surface area contributed by atoms with Gasteiger partial charge in [-0.1, -0.05) is 315 Å². The van der Waals surface area contributed by atoms with Gasteiger partial charge in [-0.25, -0.2) is 0 Å². The molecule has 440 valence electrons. The van der Waals surface area contributed by atoms with E-state index in [9.17, 15) is 0 Å². The van der Waals surface area contributed by atoms with Crippen LogP contribution in [0.25, 0.3) is 77.2 Å². The number of para-hydroxylation sites is 2. The van der Waals surface area contributed by atoms with Crippen molar-refractivity contribution in [2.24, 2.45) is 0 Å². The molecule has 2 aliphatic carbocycles. The first-order valence-electron chi connectivity index (χ1n) is 32.8. The van der Waals surface area contributed by atoms with E-state index in [0.29, 0.717) is 0 Å². The van der Waals surface area contributed by atoms with Crippen LogP contribution in [0, 0.1) is 0 Å². The number of nitrogens with zero attached hydrogens (tertiary/aromatic N) is 2. The Morgan fingerprint density at radius 2 is 0.516 bits per heavy atom. The van der Waals surface area contributed by atoms with E-state index in [0.717, 1.165) is 12.8 Å². The van der Waals surface area contributed by atoms with E-state index < -0.39 is 24.2 Å². The third kappa shape index (κ3) is 8.23. The summed E-state index contributed by atoms with van der Waals surface area (Å²) in [6.07, 6.45) is 1.75. The summed E-state index contributed by atoms with van der Waals surface area (Å²) in [5.74, 6) is 0. The molecule has 0 saturated heterocycles. The third-order valence-electron chi connectivity index (χ3n) is 21.2. The summed E-state index contributed by atoms with van der Waals surface area (Å²) in [6, 6.07) is 130. The Morgan fingerprint density at radius 1 is 0.237 bits per heavy atom. The Balaban J connectivity index is 0.804. The normalized spacial score (nSPS) is 12.8. The van der Waals surface area contributed by atoms with Crippen LogP contribution in [0.4, 0.5) is 0 Å². The van der Waals surface area contributed by atoms with E-state index in [1.165, 1.54) is 151 Å². The summed E-state index contributed by atoms with van der Waals surface area (Å²) >= 11 is 0. The van der Waals surface area contributed by atoms with E-state index in [-0.39, 0.29) is 0 Å². The highest BCUT2D eigenvalue weighted by Gasteiger charge is 2.44. The van der Waals surface area contributed by atoms with Crippen molar-refractivity contribution in [3.05, 3.63) is 362 Å². The minimum atomic E-state index is -2.86. The number of benzene rings is 14. The zero-order valence-electron chi connectivity index (χ0n) is 52.1. The van der Waals surface area contributed by atoms with Gasteiger partial charge in [0.1, 0.15) is 8.07 Å². The number of rotatable bonds is 12. The summed E-state index contributed by atoms with van der Waals surface area (Å²) in [5.41, 5.74) is 18.7. The molecule has 0 unspecified atom stereocenters. The second kappa shape index (κ2) is 21.8. The standard InChI is InChI=1S/C88H66N2Si3/c1-91(2,85-47-27-45-71-73-51-55-83-87(77(73)59-75(71)85)79-57-69(49-53-81(79)89(83)61-29-11-3-12-30-61)92(63-33-15-5-16-34-63,64-35-17-6-18-36-64)65-37-19-7-20-38-65)86-48-28-46-72-74-52-56-84-88(78(74)60-76(72)86)80-58-70(50-54-82(80)90(84)62-31-13-4-14-32-62)93(66-39-21-8-22-40-66,67-41-23-9-24-42-67)68-43-25-10-26-44-68/h3-58H,59-60H2,1-2H3. The Labute approximate surface area is 546 Å². The molecule has 0 spiro atoms. The maximum Gasteiger partial charge on any atom is 0.179 e. The number of fused-ring (bicyclic) bond motifs is 14. The lowest BCUT2D eigenvalue weighted by atomic mass is 10.0. The van der Waals surface area contributed by atoms with Crippen LogP contribution < -0.4 is 51.9 Å². The molecule has 0 fully saturated rings. The first kappa shape index (κ1) is 55.2. The van der Waals surface area contributed by atoms with Crippen molar-refractivity contribution in [3.63, 3.8) is 0 Å². The summed E-state index contributed by atoms with van der Waals surface area (Å²) < 4.78 is 5.06. The van der Waals surface area contributed by atoms with Gasteiger partial charge in [-0.2, -0.15) is 0 Å². The summed E-state index contributed by atoms with van der Waals surface area (Å²) in [7, 11) is -8.20. The summed E-state index contributed by atoms with van der Waals surface area (Å²) in [4.78, 5) is 0.